The number of nitrogens with zero attached hydrogens (tertiary/aromatic N) is 4. The summed E-state index contributed by atoms with van der Waals surface area (Å²) in [7, 11) is -3.19. The summed E-state index contributed by atoms with van der Waals surface area (Å²) in [6.07, 6.45) is 7.56. The van der Waals surface area contributed by atoms with Crippen molar-refractivity contribution < 1.29 is 18.3 Å². The smallest absolute Gasteiger partial charge is 0.308 e. The fourth-order valence-corrected chi connectivity index (χ4v) is 5.43. The predicted molar refractivity (Wildman–Crippen MR) is 116 cm³/mol. The largest absolute Gasteiger partial charge is 0.481 e. The SMILES string of the molecule is CS(=O)(=O)N1CCC(Nc2ncc3cc(CC(=O)O)c(=O)n(C4CCCC4)c3n2)CC1. The van der Waals surface area contributed by atoms with E-state index in [1.807, 2.05) is 0 Å². The van der Waals surface area contributed by atoms with Gasteiger partial charge < -0.3 is 10.4 Å². The second-order valence-corrected chi connectivity index (χ2v) is 10.4. The van der Waals surface area contributed by atoms with E-state index in [0.29, 0.717) is 42.9 Å². The van der Waals surface area contributed by atoms with Crippen molar-refractivity contribution >= 4 is 33.0 Å². The van der Waals surface area contributed by atoms with Crippen LogP contribution in [-0.4, -0.2) is 63.7 Å². The molecule has 10 nitrogen and oxygen atoms in total. The summed E-state index contributed by atoms with van der Waals surface area (Å²) >= 11 is 0. The zero-order valence-electron chi connectivity index (χ0n) is 17.5. The average molecular weight is 450 g/mol. The Kier molecular flexibility index (Phi) is 5.98. The van der Waals surface area contributed by atoms with Crippen molar-refractivity contribution in [1.82, 2.24) is 18.8 Å². The lowest BCUT2D eigenvalue weighted by Gasteiger charge is -2.30. The van der Waals surface area contributed by atoms with Crippen LogP contribution in [0.15, 0.2) is 17.1 Å². The lowest BCUT2D eigenvalue weighted by atomic mass is 10.1. The Labute approximate surface area is 180 Å². The first-order valence-corrected chi connectivity index (χ1v) is 12.4. The minimum atomic E-state index is -3.19. The van der Waals surface area contributed by atoms with Crippen LogP contribution in [0.4, 0.5) is 5.95 Å². The maximum Gasteiger partial charge on any atom is 0.308 e. The summed E-state index contributed by atoms with van der Waals surface area (Å²) in [6, 6.07) is 1.61. The maximum absolute atomic E-state index is 13.1. The molecule has 0 radical (unpaired) electrons. The van der Waals surface area contributed by atoms with Crippen LogP contribution >= 0.6 is 0 Å². The first kappa shape index (κ1) is 21.7. The highest BCUT2D eigenvalue weighted by atomic mass is 32.2. The molecular weight excluding hydrogens is 422 g/mol. The van der Waals surface area contributed by atoms with E-state index in [1.54, 1.807) is 16.8 Å². The van der Waals surface area contributed by atoms with Crippen molar-refractivity contribution in [2.24, 2.45) is 0 Å². The number of fused-ring (bicyclic) bond motifs is 1. The summed E-state index contributed by atoms with van der Waals surface area (Å²) < 4.78 is 26.5. The minimum Gasteiger partial charge on any atom is -0.481 e. The summed E-state index contributed by atoms with van der Waals surface area (Å²) in [5.74, 6) is -0.656. The van der Waals surface area contributed by atoms with Gasteiger partial charge in [0.05, 0.1) is 12.7 Å². The summed E-state index contributed by atoms with van der Waals surface area (Å²) in [4.78, 5) is 33.3. The van der Waals surface area contributed by atoms with Crippen molar-refractivity contribution in [3.63, 3.8) is 0 Å². The van der Waals surface area contributed by atoms with Crippen LogP contribution in [-0.2, 0) is 21.2 Å². The normalized spacial score (nSPS) is 19.1. The van der Waals surface area contributed by atoms with E-state index in [4.69, 9.17) is 0 Å². The zero-order chi connectivity index (χ0) is 22.2. The number of hydrogen-bond donors (Lipinski definition) is 2. The van der Waals surface area contributed by atoms with E-state index in [9.17, 15) is 23.1 Å². The van der Waals surface area contributed by atoms with Gasteiger partial charge in [-0.25, -0.2) is 17.7 Å². The summed E-state index contributed by atoms with van der Waals surface area (Å²) in [5, 5.41) is 13.1. The Hall–Kier alpha value is -2.53. The monoisotopic (exact) mass is 449 g/mol. The number of rotatable bonds is 6. The van der Waals surface area contributed by atoms with Crippen LogP contribution < -0.4 is 10.9 Å². The van der Waals surface area contributed by atoms with Crippen molar-refractivity contribution in [3.05, 3.63) is 28.2 Å². The molecule has 31 heavy (non-hydrogen) atoms. The number of hydrogen-bond acceptors (Lipinski definition) is 7. The van der Waals surface area contributed by atoms with Gasteiger partial charge in [0.1, 0.15) is 5.65 Å². The molecular formula is C20H27N5O5S. The summed E-state index contributed by atoms with van der Waals surface area (Å²) in [5.41, 5.74) is 0.453. The highest BCUT2D eigenvalue weighted by molar-refractivity contribution is 7.88. The highest BCUT2D eigenvalue weighted by Gasteiger charge is 2.26. The number of nitrogens with one attached hydrogen (secondary N) is 1. The van der Waals surface area contributed by atoms with Gasteiger partial charge in [-0.15, -0.1) is 0 Å². The fraction of sp³-hybridized carbons (Fsp3) is 0.600. The molecule has 3 heterocycles. The number of aromatic nitrogens is 3. The van der Waals surface area contributed by atoms with Crippen LogP contribution in [0.1, 0.15) is 50.1 Å². The van der Waals surface area contributed by atoms with Crippen LogP contribution in [0.3, 0.4) is 0 Å². The van der Waals surface area contributed by atoms with E-state index >= 15 is 0 Å². The lowest BCUT2D eigenvalue weighted by Crippen LogP contribution is -2.42. The maximum atomic E-state index is 13.1. The molecule has 11 heteroatoms. The molecule has 2 aromatic rings. The fourth-order valence-electron chi connectivity index (χ4n) is 4.55. The standard InChI is InChI=1S/C20H27N5O5S/c1-31(29,30)24-8-6-15(7-9-24)22-20-21-12-14-10-13(11-17(26)27)19(28)25(18(14)23-20)16-4-2-3-5-16/h10,12,15-16H,2-9,11H2,1H3,(H,26,27)(H,21,22,23). The molecule has 2 fully saturated rings. The first-order valence-electron chi connectivity index (χ1n) is 10.6. The number of carboxylic acid groups (broad SMARTS) is 1. The van der Waals surface area contributed by atoms with Crippen molar-refractivity contribution in [2.45, 2.75) is 57.0 Å². The van der Waals surface area contributed by atoms with Crippen LogP contribution in [0, 0.1) is 0 Å². The number of pyridine rings is 1. The molecule has 0 spiro atoms. The molecule has 1 saturated heterocycles. The van der Waals surface area contributed by atoms with E-state index in [1.165, 1.54) is 10.6 Å². The van der Waals surface area contributed by atoms with Crippen LogP contribution in [0.5, 0.6) is 0 Å². The number of aliphatic carboxylic acids is 1. The van der Waals surface area contributed by atoms with Gasteiger partial charge in [-0.3, -0.25) is 14.2 Å². The topological polar surface area (TPSA) is 134 Å². The Morgan fingerprint density at radius 2 is 1.90 bits per heavy atom. The van der Waals surface area contributed by atoms with Gasteiger partial charge in [-0.05, 0) is 31.7 Å². The van der Waals surface area contributed by atoms with Gasteiger partial charge in [0, 0.05) is 42.3 Å². The molecule has 2 aliphatic rings. The molecule has 1 aliphatic carbocycles. The third-order valence-corrected chi connectivity index (χ3v) is 7.44. The van der Waals surface area contributed by atoms with Crippen molar-refractivity contribution in [1.29, 1.82) is 0 Å². The van der Waals surface area contributed by atoms with Gasteiger partial charge in [0.2, 0.25) is 16.0 Å². The van der Waals surface area contributed by atoms with Gasteiger partial charge in [0.15, 0.2) is 0 Å². The second-order valence-electron chi connectivity index (χ2n) is 8.41. The molecule has 0 atom stereocenters. The molecule has 0 aromatic carbocycles. The quantitative estimate of drug-likeness (QED) is 0.675. The van der Waals surface area contributed by atoms with E-state index in [-0.39, 0.29) is 29.6 Å². The molecule has 2 aromatic heterocycles. The molecule has 0 unspecified atom stereocenters. The number of sulfonamides is 1. The number of piperidine rings is 1. The average Bonchev–Trinajstić information content (AvgIpc) is 3.22. The van der Waals surface area contributed by atoms with E-state index < -0.39 is 16.0 Å². The number of carboxylic acids is 1. The zero-order valence-corrected chi connectivity index (χ0v) is 18.3. The van der Waals surface area contributed by atoms with Crippen molar-refractivity contribution in [2.75, 3.05) is 24.7 Å². The molecule has 1 aliphatic heterocycles. The van der Waals surface area contributed by atoms with Gasteiger partial charge in [0.25, 0.3) is 5.56 Å². The van der Waals surface area contributed by atoms with Gasteiger partial charge >= 0.3 is 5.97 Å². The third kappa shape index (κ3) is 4.72. The Balaban J connectivity index is 1.64. The second kappa shape index (κ2) is 8.54. The minimum absolute atomic E-state index is 0.00416. The Bertz CT molecular complexity index is 1150. The molecule has 0 bridgehead atoms. The molecule has 2 N–H and O–H groups in total. The predicted octanol–water partition coefficient (Wildman–Crippen LogP) is 1.37. The summed E-state index contributed by atoms with van der Waals surface area (Å²) in [6.45, 7) is 0.880. The van der Waals surface area contributed by atoms with Crippen LogP contribution in [0.25, 0.3) is 11.0 Å². The Morgan fingerprint density at radius 1 is 1.23 bits per heavy atom. The molecule has 4 rings (SSSR count). The first-order chi connectivity index (χ1) is 14.7. The van der Waals surface area contributed by atoms with E-state index in [2.05, 4.69) is 15.3 Å². The van der Waals surface area contributed by atoms with Gasteiger partial charge in [-0.2, -0.15) is 4.98 Å². The number of anilines is 1. The van der Waals surface area contributed by atoms with Crippen molar-refractivity contribution in [3.8, 4) is 0 Å². The molecule has 1 saturated carbocycles. The highest BCUT2D eigenvalue weighted by Crippen LogP contribution is 2.31. The third-order valence-electron chi connectivity index (χ3n) is 6.14. The van der Waals surface area contributed by atoms with Gasteiger partial charge in [-0.1, -0.05) is 12.8 Å². The lowest BCUT2D eigenvalue weighted by molar-refractivity contribution is -0.136. The molecule has 168 valence electrons. The Morgan fingerprint density at radius 3 is 2.52 bits per heavy atom. The van der Waals surface area contributed by atoms with Crippen LogP contribution in [0.2, 0.25) is 0 Å². The molecule has 0 amide bonds. The van der Waals surface area contributed by atoms with E-state index in [0.717, 1.165) is 25.7 Å². The number of carbonyl (C=O) groups is 1.